The number of benzene rings is 2. The molecular formula is C25H31ClN4O3S2. The van der Waals surface area contributed by atoms with Crippen LogP contribution in [0.3, 0.4) is 0 Å². The SMILES string of the molecule is CCC1CCCCN1S(=O)(=O)c1ccc(C(=O)N(CCN(C)C)c2nc3c(Cl)cccc3s2)cc1. The monoisotopic (exact) mass is 534 g/mol. The number of nitrogens with zero attached hydrogens (tertiary/aromatic N) is 4. The summed E-state index contributed by atoms with van der Waals surface area (Å²) in [5.74, 6) is -0.226. The minimum atomic E-state index is -3.60. The molecule has 0 radical (unpaired) electrons. The predicted molar refractivity (Wildman–Crippen MR) is 143 cm³/mol. The molecule has 3 aromatic rings. The lowest BCUT2D eigenvalue weighted by Crippen LogP contribution is -2.43. The summed E-state index contributed by atoms with van der Waals surface area (Å²) in [5.41, 5.74) is 1.09. The first-order chi connectivity index (χ1) is 16.7. The molecule has 0 bridgehead atoms. The quantitative estimate of drug-likeness (QED) is 0.401. The highest BCUT2D eigenvalue weighted by Crippen LogP contribution is 2.34. The summed E-state index contributed by atoms with van der Waals surface area (Å²) in [5, 5.41) is 1.11. The summed E-state index contributed by atoms with van der Waals surface area (Å²) in [6, 6.07) is 11.9. The fourth-order valence-corrected chi connectivity index (χ4v) is 7.42. The largest absolute Gasteiger partial charge is 0.308 e. The van der Waals surface area contributed by atoms with Gasteiger partial charge in [-0.05, 0) is 69.8 Å². The number of fused-ring (bicyclic) bond motifs is 1. The number of para-hydroxylation sites is 1. The molecule has 1 unspecified atom stereocenters. The van der Waals surface area contributed by atoms with Gasteiger partial charge in [0.2, 0.25) is 10.0 Å². The number of likely N-dealkylation sites (N-methyl/N-ethyl adjacent to an activating group) is 1. The number of thiazole rings is 1. The fraction of sp³-hybridized carbons (Fsp3) is 0.440. The molecule has 2 aromatic carbocycles. The Hall–Kier alpha value is -2.04. The van der Waals surface area contributed by atoms with Crippen LogP contribution in [0.2, 0.25) is 5.02 Å². The maximum Gasteiger partial charge on any atom is 0.260 e. The van der Waals surface area contributed by atoms with Gasteiger partial charge >= 0.3 is 0 Å². The predicted octanol–water partition coefficient (Wildman–Crippen LogP) is 5.11. The summed E-state index contributed by atoms with van der Waals surface area (Å²) >= 11 is 7.73. The lowest BCUT2D eigenvalue weighted by molar-refractivity contribution is 0.0985. The van der Waals surface area contributed by atoms with Gasteiger partial charge in [-0.15, -0.1) is 0 Å². The number of hydrogen-bond acceptors (Lipinski definition) is 6. The molecule has 7 nitrogen and oxygen atoms in total. The molecule has 10 heteroatoms. The molecule has 4 rings (SSSR count). The van der Waals surface area contributed by atoms with Crippen molar-refractivity contribution in [2.45, 2.75) is 43.5 Å². The van der Waals surface area contributed by atoms with Gasteiger partial charge in [-0.3, -0.25) is 9.69 Å². The highest BCUT2D eigenvalue weighted by Gasteiger charge is 2.32. The van der Waals surface area contributed by atoms with Crippen LogP contribution in [0.25, 0.3) is 10.2 Å². The van der Waals surface area contributed by atoms with Crippen LogP contribution in [0.15, 0.2) is 47.4 Å². The average molecular weight is 535 g/mol. The fourth-order valence-electron chi connectivity index (χ4n) is 4.36. The van der Waals surface area contributed by atoms with E-state index in [1.807, 2.05) is 38.1 Å². The summed E-state index contributed by atoms with van der Waals surface area (Å²) < 4.78 is 29.1. The van der Waals surface area contributed by atoms with Crippen LogP contribution in [-0.4, -0.2) is 68.3 Å². The maximum absolute atomic E-state index is 13.6. The maximum atomic E-state index is 13.6. The zero-order valence-corrected chi connectivity index (χ0v) is 22.7. The van der Waals surface area contributed by atoms with Gasteiger partial charge in [0.25, 0.3) is 5.91 Å². The first-order valence-electron chi connectivity index (χ1n) is 11.9. The number of aromatic nitrogens is 1. The molecule has 1 aromatic heterocycles. The topological polar surface area (TPSA) is 73.8 Å². The molecule has 0 aliphatic carbocycles. The highest BCUT2D eigenvalue weighted by atomic mass is 35.5. The molecule has 1 amide bonds. The lowest BCUT2D eigenvalue weighted by Gasteiger charge is -2.34. The van der Waals surface area contributed by atoms with Gasteiger partial charge in [0.15, 0.2) is 5.13 Å². The van der Waals surface area contributed by atoms with Crippen molar-refractivity contribution in [3.8, 4) is 0 Å². The highest BCUT2D eigenvalue weighted by molar-refractivity contribution is 7.89. The molecule has 2 heterocycles. The molecule has 35 heavy (non-hydrogen) atoms. The second-order valence-electron chi connectivity index (χ2n) is 9.04. The summed E-state index contributed by atoms with van der Waals surface area (Å²) in [6.45, 7) is 3.66. The number of amides is 1. The summed E-state index contributed by atoms with van der Waals surface area (Å²) in [4.78, 5) is 22.1. The minimum absolute atomic E-state index is 0.0300. The van der Waals surface area contributed by atoms with E-state index in [-0.39, 0.29) is 16.8 Å². The molecule has 1 atom stereocenters. The molecule has 1 saturated heterocycles. The second-order valence-corrected chi connectivity index (χ2v) is 12.3. The van der Waals surface area contributed by atoms with Crippen LogP contribution in [0.1, 0.15) is 43.0 Å². The normalized spacial score (nSPS) is 17.2. The Morgan fingerprint density at radius 2 is 1.89 bits per heavy atom. The van der Waals surface area contributed by atoms with Crippen molar-refractivity contribution >= 4 is 54.2 Å². The molecule has 1 aliphatic heterocycles. The van der Waals surface area contributed by atoms with Crippen molar-refractivity contribution in [2.75, 3.05) is 38.6 Å². The van der Waals surface area contributed by atoms with Crippen molar-refractivity contribution in [1.29, 1.82) is 0 Å². The number of hydrogen-bond donors (Lipinski definition) is 0. The number of anilines is 1. The molecular weight excluding hydrogens is 504 g/mol. The van der Waals surface area contributed by atoms with E-state index in [1.165, 1.54) is 11.3 Å². The summed E-state index contributed by atoms with van der Waals surface area (Å²) in [7, 11) is 0.287. The third kappa shape index (κ3) is 5.54. The Morgan fingerprint density at radius 1 is 1.14 bits per heavy atom. The van der Waals surface area contributed by atoms with E-state index < -0.39 is 10.0 Å². The van der Waals surface area contributed by atoms with Crippen LogP contribution in [-0.2, 0) is 10.0 Å². The number of carbonyl (C=O) groups is 1. The van der Waals surface area contributed by atoms with E-state index in [9.17, 15) is 13.2 Å². The third-order valence-electron chi connectivity index (χ3n) is 6.36. The van der Waals surface area contributed by atoms with E-state index in [1.54, 1.807) is 39.5 Å². The average Bonchev–Trinajstić information content (AvgIpc) is 3.29. The molecule has 1 aliphatic rings. The number of rotatable bonds is 8. The molecule has 0 spiro atoms. The van der Waals surface area contributed by atoms with E-state index in [4.69, 9.17) is 11.6 Å². The number of halogens is 1. The van der Waals surface area contributed by atoms with Crippen LogP contribution >= 0.6 is 22.9 Å². The van der Waals surface area contributed by atoms with E-state index in [0.29, 0.717) is 40.9 Å². The van der Waals surface area contributed by atoms with Crippen LogP contribution in [0, 0.1) is 0 Å². The molecule has 188 valence electrons. The van der Waals surface area contributed by atoms with Crippen LogP contribution in [0.5, 0.6) is 0 Å². The van der Waals surface area contributed by atoms with Crippen molar-refractivity contribution in [3.63, 3.8) is 0 Å². The van der Waals surface area contributed by atoms with Gasteiger partial charge in [0.05, 0.1) is 14.6 Å². The molecule has 1 fully saturated rings. The summed E-state index contributed by atoms with van der Waals surface area (Å²) in [6.07, 6.45) is 3.61. The molecule has 0 saturated carbocycles. The second kappa shape index (κ2) is 10.9. The van der Waals surface area contributed by atoms with Gasteiger partial charge in [-0.25, -0.2) is 13.4 Å². The molecule has 0 N–H and O–H groups in total. The van der Waals surface area contributed by atoms with Gasteiger partial charge in [-0.2, -0.15) is 4.31 Å². The van der Waals surface area contributed by atoms with Gasteiger partial charge < -0.3 is 4.90 Å². The van der Waals surface area contributed by atoms with Gasteiger partial charge in [0, 0.05) is 31.2 Å². The van der Waals surface area contributed by atoms with E-state index in [2.05, 4.69) is 4.98 Å². The number of piperidine rings is 1. The van der Waals surface area contributed by atoms with Crippen LogP contribution in [0.4, 0.5) is 5.13 Å². The van der Waals surface area contributed by atoms with Gasteiger partial charge in [0.1, 0.15) is 5.52 Å². The smallest absolute Gasteiger partial charge is 0.260 e. The van der Waals surface area contributed by atoms with Crippen molar-refractivity contribution in [2.24, 2.45) is 0 Å². The zero-order chi connectivity index (χ0) is 25.2. The Balaban J connectivity index is 1.62. The minimum Gasteiger partial charge on any atom is -0.308 e. The van der Waals surface area contributed by atoms with Crippen molar-refractivity contribution in [1.82, 2.24) is 14.2 Å². The Bertz CT molecular complexity index is 1290. The lowest BCUT2D eigenvalue weighted by atomic mass is 10.0. The van der Waals surface area contributed by atoms with Crippen molar-refractivity contribution in [3.05, 3.63) is 53.1 Å². The Kier molecular flexibility index (Phi) is 8.12. The number of carbonyl (C=O) groups excluding carboxylic acids is 1. The Morgan fingerprint density at radius 3 is 2.54 bits per heavy atom. The van der Waals surface area contributed by atoms with Crippen LogP contribution < -0.4 is 4.90 Å². The van der Waals surface area contributed by atoms with E-state index >= 15 is 0 Å². The van der Waals surface area contributed by atoms with E-state index in [0.717, 1.165) is 30.4 Å². The zero-order valence-electron chi connectivity index (χ0n) is 20.3. The first kappa shape index (κ1) is 26.0. The standard InChI is InChI=1S/C25H31ClN4O3S2/c1-4-19-8-5-6-15-30(19)35(32,33)20-13-11-18(12-14-20)24(31)29(17-16-28(2)3)25-27-23-21(26)9-7-10-22(23)34-25/h7,9-14,19H,4-6,8,15-17H2,1-3H3. The number of sulfonamides is 1. The third-order valence-corrected chi connectivity index (χ3v) is 9.67. The van der Waals surface area contributed by atoms with Gasteiger partial charge in [-0.1, -0.05) is 42.3 Å². The van der Waals surface area contributed by atoms with Crippen molar-refractivity contribution < 1.29 is 13.2 Å². The Labute approximate surface area is 216 Å². The first-order valence-corrected chi connectivity index (χ1v) is 14.5.